The van der Waals surface area contributed by atoms with Gasteiger partial charge in [-0.1, -0.05) is 12.1 Å². The van der Waals surface area contributed by atoms with Gasteiger partial charge in [-0.05, 0) is 47.9 Å². The van der Waals surface area contributed by atoms with Crippen molar-refractivity contribution in [2.75, 3.05) is 38.2 Å². The normalized spacial score (nSPS) is 15.8. The molecule has 0 aromatic heterocycles. The third kappa shape index (κ3) is 7.15. The molecule has 0 saturated carbocycles. The van der Waals surface area contributed by atoms with E-state index < -0.39 is 0 Å². The predicted molar refractivity (Wildman–Crippen MR) is 124 cm³/mol. The van der Waals surface area contributed by atoms with E-state index in [4.69, 9.17) is 9.73 Å². The van der Waals surface area contributed by atoms with Crippen LogP contribution >= 0.6 is 58.3 Å². The van der Waals surface area contributed by atoms with Crippen molar-refractivity contribution >= 4 is 64.3 Å². The molecule has 24 heavy (non-hydrogen) atoms. The van der Waals surface area contributed by atoms with E-state index in [9.17, 15) is 0 Å². The van der Waals surface area contributed by atoms with Crippen LogP contribution in [0.5, 0.6) is 5.75 Å². The lowest BCUT2D eigenvalue weighted by molar-refractivity contribution is 0.128. The molecule has 1 heterocycles. The first-order chi connectivity index (χ1) is 11.2. The molecule has 1 N–H and O–H groups in total. The van der Waals surface area contributed by atoms with Crippen LogP contribution in [0.3, 0.4) is 0 Å². The number of guanidine groups is 1. The highest BCUT2D eigenvalue weighted by molar-refractivity contribution is 14.1. The van der Waals surface area contributed by atoms with Crippen molar-refractivity contribution in [2.24, 2.45) is 4.99 Å². The first-order valence-corrected chi connectivity index (χ1v) is 10.6. The Kier molecular flexibility index (Phi) is 11.5. The van der Waals surface area contributed by atoms with E-state index >= 15 is 0 Å². The lowest BCUT2D eigenvalue weighted by Crippen LogP contribution is -2.47. The molecule has 0 aliphatic carbocycles. The topological polar surface area (TPSA) is 36.9 Å². The van der Waals surface area contributed by atoms with Crippen molar-refractivity contribution in [2.45, 2.75) is 25.9 Å². The molecule has 0 unspecified atom stereocenters. The zero-order valence-electron chi connectivity index (χ0n) is 14.3. The van der Waals surface area contributed by atoms with Crippen LogP contribution in [0.25, 0.3) is 0 Å². The van der Waals surface area contributed by atoms with Gasteiger partial charge in [0.15, 0.2) is 5.96 Å². The fraction of sp³-hybridized carbons (Fsp3) is 0.588. The Labute approximate surface area is 180 Å². The van der Waals surface area contributed by atoms with E-state index in [0.29, 0.717) is 6.10 Å². The molecule has 1 fully saturated rings. The third-order valence-corrected chi connectivity index (χ3v) is 5.25. The molecule has 1 aromatic carbocycles. The summed E-state index contributed by atoms with van der Waals surface area (Å²) in [4.78, 5) is 7.08. The molecular weight excluding hydrogens is 548 g/mol. The minimum atomic E-state index is 0. The molecule has 0 radical (unpaired) electrons. The van der Waals surface area contributed by atoms with Gasteiger partial charge >= 0.3 is 0 Å². The van der Waals surface area contributed by atoms with Crippen LogP contribution in [0.4, 0.5) is 0 Å². The molecule has 0 amide bonds. The molecule has 1 saturated heterocycles. The van der Waals surface area contributed by atoms with Crippen LogP contribution in [0.2, 0.25) is 0 Å². The summed E-state index contributed by atoms with van der Waals surface area (Å²) >= 11 is 4.17. The molecule has 4 nitrogen and oxygen atoms in total. The summed E-state index contributed by atoms with van der Waals surface area (Å²) in [6, 6.07) is 8.23. The highest BCUT2D eigenvalue weighted by Crippen LogP contribution is 2.24. The Morgan fingerprint density at radius 2 is 2.08 bits per heavy atom. The van der Waals surface area contributed by atoms with Gasteiger partial charge in [-0.2, -0.15) is 11.8 Å². The molecule has 0 bridgehead atoms. The lowest BCUT2D eigenvalue weighted by atomic mass is 10.1. The van der Waals surface area contributed by atoms with E-state index in [1.165, 1.54) is 3.57 Å². The van der Waals surface area contributed by atoms with Gasteiger partial charge in [-0.3, -0.25) is 4.99 Å². The number of para-hydroxylation sites is 1. The van der Waals surface area contributed by atoms with Gasteiger partial charge in [0.1, 0.15) is 11.9 Å². The van der Waals surface area contributed by atoms with Crippen LogP contribution in [0, 0.1) is 3.57 Å². The summed E-state index contributed by atoms with van der Waals surface area (Å²) in [6.07, 6.45) is 4.50. The molecule has 1 aliphatic rings. The number of thioether (sulfide) groups is 1. The van der Waals surface area contributed by atoms with Crippen LogP contribution in [0.1, 0.15) is 19.8 Å². The quantitative estimate of drug-likeness (QED) is 0.240. The van der Waals surface area contributed by atoms with Gasteiger partial charge < -0.3 is 15.0 Å². The second-order valence-electron chi connectivity index (χ2n) is 5.46. The summed E-state index contributed by atoms with van der Waals surface area (Å²) in [7, 11) is 0. The van der Waals surface area contributed by atoms with Gasteiger partial charge in [-0.25, -0.2) is 0 Å². The van der Waals surface area contributed by atoms with Gasteiger partial charge in [0, 0.05) is 38.2 Å². The van der Waals surface area contributed by atoms with Crippen molar-refractivity contribution in [1.29, 1.82) is 0 Å². The molecule has 1 aromatic rings. The second kappa shape index (κ2) is 12.5. The van der Waals surface area contributed by atoms with E-state index in [2.05, 4.69) is 58.1 Å². The minimum Gasteiger partial charge on any atom is -0.489 e. The number of piperidine rings is 1. The standard InChI is InChI=1S/C17H26IN3OS.HI/c1-3-19-17(20-10-13-23-2)21-11-8-14(9-12-21)22-16-7-5-4-6-15(16)18;/h4-7,14H,3,8-13H2,1-2H3,(H,19,20);1H. The van der Waals surface area contributed by atoms with Crippen molar-refractivity contribution in [3.63, 3.8) is 0 Å². The lowest BCUT2D eigenvalue weighted by Gasteiger charge is -2.34. The van der Waals surface area contributed by atoms with Crippen LogP contribution in [-0.2, 0) is 0 Å². The fourth-order valence-corrected chi connectivity index (χ4v) is 3.36. The first kappa shape index (κ1) is 22.1. The number of hydrogen-bond donors (Lipinski definition) is 1. The van der Waals surface area contributed by atoms with E-state index in [1.807, 2.05) is 23.9 Å². The van der Waals surface area contributed by atoms with Crippen LogP contribution in [0.15, 0.2) is 29.3 Å². The Morgan fingerprint density at radius 1 is 1.38 bits per heavy atom. The van der Waals surface area contributed by atoms with Crippen molar-refractivity contribution in [3.8, 4) is 5.75 Å². The maximum atomic E-state index is 6.17. The summed E-state index contributed by atoms with van der Waals surface area (Å²) in [5.41, 5.74) is 0. The number of benzene rings is 1. The highest BCUT2D eigenvalue weighted by atomic mass is 127. The summed E-state index contributed by atoms with van der Waals surface area (Å²) in [5.74, 6) is 3.13. The van der Waals surface area contributed by atoms with Crippen molar-refractivity contribution in [3.05, 3.63) is 27.8 Å². The molecule has 7 heteroatoms. The third-order valence-electron chi connectivity index (χ3n) is 3.76. The van der Waals surface area contributed by atoms with E-state index in [-0.39, 0.29) is 24.0 Å². The molecule has 2 rings (SSSR count). The number of ether oxygens (including phenoxy) is 1. The average molecular weight is 575 g/mol. The molecule has 0 atom stereocenters. The molecule has 1 aliphatic heterocycles. The second-order valence-corrected chi connectivity index (χ2v) is 7.61. The van der Waals surface area contributed by atoms with E-state index in [0.717, 1.165) is 56.5 Å². The van der Waals surface area contributed by atoms with Gasteiger partial charge in [0.2, 0.25) is 0 Å². The van der Waals surface area contributed by atoms with Crippen LogP contribution in [-0.4, -0.2) is 55.2 Å². The summed E-state index contributed by atoms with van der Waals surface area (Å²) in [6.45, 7) is 5.91. The van der Waals surface area contributed by atoms with Gasteiger partial charge in [0.25, 0.3) is 0 Å². The number of rotatable bonds is 6. The minimum absolute atomic E-state index is 0. The Morgan fingerprint density at radius 3 is 2.71 bits per heavy atom. The van der Waals surface area contributed by atoms with Gasteiger partial charge in [0.05, 0.1) is 10.1 Å². The van der Waals surface area contributed by atoms with Gasteiger partial charge in [-0.15, -0.1) is 24.0 Å². The predicted octanol–water partition coefficient (Wildman–Crippen LogP) is 4.08. The Balaban J connectivity index is 0.00000288. The van der Waals surface area contributed by atoms with Crippen molar-refractivity contribution in [1.82, 2.24) is 10.2 Å². The largest absolute Gasteiger partial charge is 0.489 e. The SMILES string of the molecule is CCNC(=NCCSC)N1CCC(Oc2ccccc2I)CC1.I. The zero-order valence-corrected chi connectivity index (χ0v) is 19.6. The highest BCUT2D eigenvalue weighted by Gasteiger charge is 2.23. The Bertz CT molecular complexity index is 508. The monoisotopic (exact) mass is 575 g/mol. The first-order valence-electron chi connectivity index (χ1n) is 8.18. The number of aliphatic imine (C=N–C) groups is 1. The summed E-state index contributed by atoms with van der Waals surface area (Å²) < 4.78 is 7.35. The molecule has 136 valence electrons. The molecule has 0 spiro atoms. The number of nitrogens with zero attached hydrogens (tertiary/aromatic N) is 2. The maximum Gasteiger partial charge on any atom is 0.193 e. The number of nitrogens with one attached hydrogen (secondary N) is 1. The van der Waals surface area contributed by atoms with Crippen molar-refractivity contribution < 1.29 is 4.74 Å². The Hall–Kier alpha value is 0.100. The number of likely N-dealkylation sites (tertiary alicyclic amines) is 1. The summed E-state index contributed by atoms with van der Waals surface area (Å²) in [5, 5.41) is 3.41. The van der Waals surface area contributed by atoms with Crippen LogP contribution < -0.4 is 10.1 Å². The number of hydrogen-bond acceptors (Lipinski definition) is 3. The average Bonchev–Trinajstić information content (AvgIpc) is 2.57. The van der Waals surface area contributed by atoms with E-state index in [1.54, 1.807) is 0 Å². The zero-order chi connectivity index (χ0) is 16.5. The molecular formula is C17H27I2N3OS. The number of halogens is 2. The smallest absolute Gasteiger partial charge is 0.193 e. The fourth-order valence-electron chi connectivity index (χ4n) is 2.57. The maximum absolute atomic E-state index is 6.17.